The molecule has 0 bridgehead atoms. The first-order chi connectivity index (χ1) is 13.5. The van der Waals surface area contributed by atoms with Gasteiger partial charge in [-0.05, 0) is 37.0 Å². The summed E-state index contributed by atoms with van der Waals surface area (Å²) < 4.78 is 11.0. The van der Waals surface area contributed by atoms with Crippen LogP contribution in [0.5, 0.6) is 11.5 Å². The maximum absolute atomic E-state index is 12.2. The molecular formula is C21H31IN4O3. The van der Waals surface area contributed by atoms with Gasteiger partial charge in [0.2, 0.25) is 12.7 Å². The van der Waals surface area contributed by atoms with Crippen molar-refractivity contribution in [1.82, 2.24) is 15.5 Å². The van der Waals surface area contributed by atoms with Crippen molar-refractivity contribution in [1.29, 1.82) is 0 Å². The standard InChI is InChI=1S/C21H30N4O3.HI/c1-14(2)19(26)25-9-6-16(11-25)24-20(22-3)23-12-21(7-8-21)15-4-5-17-18(10-15)28-13-27-17;/h4-5,10,14,16H,6-9,11-13H2,1-3H3,(H2,22,23,24);1H. The van der Waals surface area contributed by atoms with E-state index in [1.54, 1.807) is 7.05 Å². The van der Waals surface area contributed by atoms with Gasteiger partial charge >= 0.3 is 0 Å². The summed E-state index contributed by atoms with van der Waals surface area (Å²) in [6.45, 7) is 6.59. The number of benzene rings is 1. The van der Waals surface area contributed by atoms with Crippen LogP contribution in [0.25, 0.3) is 0 Å². The maximum atomic E-state index is 12.2. The number of amides is 1. The molecule has 1 amide bonds. The average molecular weight is 514 g/mol. The maximum Gasteiger partial charge on any atom is 0.231 e. The van der Waals surface area contributed by atoms with Gasteiger partial charge in [0.25, 0.3) is 0 Å². The van der Waals surface area contributed by atoms with Gasteiger partial charge in [0.1, 0.15) is 0 Å². The Morgan fingerprint density at radius 1 is 1.31 bits per heavy atom. The molecule has 2 N–H and O–H groups in total. The van der Waals surface area contributed by atoms with Crippen molar-refractivity contribution < 1.29 is 14.3 Å². The van der Waals surface area contributed by atoms with Crippen LogP contribution in [0.3, 0.4) is 0 Å². The fourth-order valence-corrected chi connectivity index (χ4v) is 4.03. The second-order valence-corrected chi connectivity index (χ2v) is 8.34. The molecule has 3 aliphatic rings. The van der Waals surface area contributed by atoms with Crippen LogP contribution in [0.1, 0.15) is 38.7 Å². The first-order valence-corrected chi connectivity index (χ1v) is 10.2. The fraction of sp³-hybridized carbons (Fsp3) is 0.619. The molecule has 2 aliphatic heterocycles. The van der Waals surface area contributed by atoms with Gasteiger partial charge in [-0.25, -0.2) is 0 Å². The van der Waals surface area contributed by atoms with Gasteiger partial charge in [0, 0.05) is 44.1 Å². The van der Waals surface area contributed by atoms with Crippen LogP contribution in [-0.2, 0) is 10.2 Å². The summed E-state index contributed by atoms with van der Waals surface area (Å²) in [5.41, 5.74) is 1.42. The molecule has 8 heteroatoms. The topological polar surface area (TPSA) is 75.2 Å². The number of ether oxygens (including phenoxy) is 2. The lowest BCUT2D eigenvalue weighted by Gasteiger charge is -2.22. The second kappa shape index (κ2) is 8.97. The molecule has 160 valence electrons. The highest BCUT2D eigenvalue weighted by Crippen LogP contribution is 2.49. The lowest BCUT2D eigenvalue weighted by atomic mass is 9.95. The van der Waals surface area contributed by atoms with Crippen LogP contribution in [0.4, 0.5) is 0 Å². The minimum absolute atomic E-state index is 0. The number of nitrogens with one attached hydrogen (secondary N) is 2. The SMILES string of the molecule is CN=C(NCC1(c2ccc3c(c2)OCO3)CC1)NC1CCN(C(=O)C(C)C)C1.I. The van der Waals surface area contributed by atoms with Crippen molar-refractivity contribution >= 4 is 35.8 Å². The molecule has 1 atom stereocenters. The molecule has 2 heterocycles. The van der Waals surface area contributed by atoms with Crippen LogP contribution in [0.15, 0.2) is 23.2 Å². The van der Waals surface area contributed by atoms with Gasteiger partial charge < -0.3 is 25.0 Å². The van der Waals surface area contributed by atoms with Crippen LogP contribution in [0, 0.1) is 5.92 Å². The number of carbonyl (C=O) groups is 1. The number of carbonyl (C=O) groups excluding carboxylic acids is 1. The Kier molecular flexibility index (Phi) is 6.80. The van der Waals surface area contributed by atoms with E-state index in [1.807, 2.05) is 24.8 Å². The molecule has 4 rings (SSSR count). The zero-order valence-electron chi connectivity index (χ0n) is 17.4. The van der Waals surface area contributed by atoms with Crippen LogP contribution in [0.2, 0.25) is 0 Å². The van der Waals surface area contributed by atoms with E-state index in [0.29, 0.717) is 6.79 Å². The molecule has 1 aromatic rings. The molecule has 0 radical (unpaired) electrons. The Morgan fingerprint density at radius 2 is 2.07 bits per heavy atom. The minimum Gasteiger partial charge on any atom is -0.454 e. The number of halogens is 1. The van der Waals surface area contributed by atoms with Crippen molar-refractivity contribution in [2.24, 2.45) is 10.9 Å². The number of rotatable bonds is 5. The molecule has 1 saturated heterocycles. The molecule has 7 nitrogen and oxygen atoms in total. The normalized spacial score (nSPS) is 21.7. The van der Waals surface area contributed by atoms with E-state index in [4.69, 9.17) is 9.47 Å². The molecule has 0 spiro atoms. The molecule has 2 fully saturated rings. The molecule has 1 saturated carbocycles. The number of likely N-dealkylation sites (tertiary alicyclic amines) is 1. The Morgan fingerprint density at radius 3 is 2.76 bits per heavy atom. The Bertz CT molecular complexity index is 779. The van der Waals surface area contributed by atoms with Gasteiger partial charge in [0.15, 0.2) is 17.5 Å². The van der Waals surface area contributed by atoms with Crippen molar-refractivity contribution in [3.63, 3.8) is 0 Å². The Balaban J connectivity index is 0.00000240. The van der Waals surface area contributed by atoms with Crippen molar-refractivity contribution in [3.05, 3.63) is 23.8 Å². The molecule has 1 aliphatic carbocycles. The summed E-state index contributed by atoms with van der Waals surface area (Å²) >= 11 is 0. The highest BCUT2D eigenvalue weighted by molar-refractivity contribution is 14.0. The largest absolute Gasteiger partial charge is 0.454 e. The van der Waals surface area contributed by atoms with E-state index in [2.05, 4.69) is 27.8 Å². The van der Waals surface area contributed by atoms with E-state index >= 15 is 0 Å². The van der Waals surface area contributed by atoms with Crippen molar-refractivity contribution in [3.8, 4) is 11.5 Å². The number of aliphatic imine (C=N–C) groups is 1. The third-order valence-electron chi connectivity index (χ3n) is 5.99. The number of nitrogens with zero attached hydrogens (tertiary/aromatic N) is 2. The summed E-state index contributed by atoms with van der Waals surface area (Å²) in [4.78, 5) is 18.5. The number of hydrogen-bond acceptors (Lipinski definition) is 4. The van der Waals surface area contributed by atoms with E-state index in [-0.39, 0.29) is 47.3 Å². The predicted octanol–water partition coefficient (Wildman–Crippen LogP) is 2.49. The third-order valence-corrected chi connectivity index (χ3v) is 5.99. The summed E-state index contributed by atoms with van der Waals surface area (Å²) in [6, 6.07) is 6.50. The predicted molar refractivity (Wildman–Crippen MR) is 123 cm³/mol. The van der Waals surface area contributed by atoms with Gasteiger partial charge in [-0.15, -0.1) is 24.0 Å². The Labute approximate surface area is 189 Å². The van der Waals surface area contributed by atoms with Crippen LogP contribution < -0.4 is 20.1 Å². The van der Waals surface area contributed by atoms with Gasteiger partial charge in [0.05, 0.1) is 0 Å². The zero-order chi connectivity index (χ0) is 19.7. The van der Waals surface area contributed by atoms with E-state index in [1.165, 1.54) is 5.56 Å². The first-order valence-electron chi connectivity index (χ1n) is 10.2. The van der Waals surface area contributed by atoms with Gasteiger partial charge in [-0.3, -0.25) is 9.79 Å². The smallest absolute Gasteiger partial charge is 0.231 e. The average Bonchev–Trinajstić information content (AvgIpc) is 3.12. The summed E-state index contributed by atoms with van der Waals surface area (Å²) in [5, 5.41) is 6.98. The first kappa shape index (κ1) is 22.0. The molecule has 1 unspecified atom stereocenters. The van der Waals surface area contributed by atoms with Gasteiger partial charge in [-0.2, -0.15) is 0 Å². The zero-order valence-corrected chi connectivity index (χ0v) is 19.7. The summed E-state index contributed by atoms with van der Waals surface area (Å²) in [5.74, 6) is 2.74. The number of hydrogen-bond donors (Lipinski definition) is 2. The molecule has 0 aromatic heterocycles. The fourth-order valence-electron chi connectivity index (χ4n) is 4.03. The highest BCUT2D eigenvalue weighted by Gasteiger charge is 2.45. The van der Waals surface area contributed by atoms with Gasteiger partial charge in [-0.1, -0.05) is 19.9 Å². The number of guanidine groups is 1. The lowest BCUT2D eigenvalue weighted by Crippen LogP contribution is -2.47. The quantitative estimate of drug-likeness (QED) is 0.359. The van der Waals surface area contributed by atoms with E-state index < -0.39 is 0 Å². The second-order valence-electron chi connectivity index (χ2n) is 8.34. The highest BCUT2D eigenvalue weighted by atomic mass is 127. The van der Waals surface area contributed by atoms with Crippen LogP contribution in [-0.4, -0.2) is 56.3 Å². The number of fused-ring (bicyclic) bond motifs is 1. The summed E-state index contributed by atoms with van der Waals surface area (Å²) in [6.07, 6.45) is 3.25. The third kappa shape index (κ3) is 4.73. The molecular weight excluding hydrogens is 483 g/mol. The van der Waals surface area contributed by atoms with Crippen molar-refractivity contribution in [2.75, 3.05) is 33.5 Å². The Hall–Kier alpha value is -1.71. The minimum atomic E-state index is 0. The lowest BCUT2D eigenvalue weighted by molar-refractivity contribution is -0.133. The van der Waals surface area contributed by atoms with E-state index in [9.17, 15) is 4.79 Å². The van der Waals surface area contributed by atoms with Crippen LogP contribution >= 0.6 is 24.0 Å². The molecule has 29 heavy (non-hydrogen) atoms. The van der Waals surface area contributed by atoms with Crippen molar-refractivity contribution in [2.45, 2.75) is 44.6 Å². The van der Waals surface area contributed by atoms with E-state index in [0.717, 1.165) is 56.4 Å². The summed E-state index contributed by atoms with van der Waals surface area (Å²) in [7, 11) is 1.79. The molecule has 1 aromatic carbocycles. The monoisotopic (exact) mass is 514 g/mol.